The van der Waals surface area contributed by atoms with Gasteiger partial charge >= 0.3 is 0 Å². The predicted molar refractivity (Wildman–Crippen MR) is 89.7 cm³/mol. The number of methoxy groups -OCH3 is 1. The highest BCUT2D eigenvalue weighted by Crippen LogP contribution is 2.26. The second kappa shape index (κ2) is 7.24. The number of nitrogens with zero attached hydrogens (tertiary/aromatic N) is 2. The summed E-state index contributed by atoms with van der Waals surface area (Å²) in [5.74, 6) is 0.377. The molecule has 0 aromatic heterocycles. The fraction of sp³-hybridized carbons (Fsp3) is 0.278. The van der Waals surface area contributed by atoms with Gasteiger partial charge in [-0.2, -0.15) is 0 Å². The summed E-state index contributed by atoms with van der Waals surface area (Å²) in [6, 6.07) is 12.4. The average Bonchev–Trinajstić information content (AvgIpc) is 2.61. The van der Waals surface area contributed by atoms with Crippen molar-refractivity contribution in [2.45, 2.75) is 0 Å². The third-order valence-electron chi connectivity index (χ3n) is 3.79. The molecule has 1 fully saturated rings. The molecule has 1 heterocycles. The van der Waals surface area contributed by atoms with Crippen molar-refractivity contribution in [3.05, 3.63) is 53.8 Å². The summed E-state index contributed by atoms with van der Waals surface area (Å²) in [5, 5.41) is 0. The van der Waals surface area contributed by atoms with Crippen molar-refractivity contribution in [1.29, 1.82) is 0 Å². The van der Waals surface area contributed by atoms with Crippen LogP contribution in [0.3, 0.4) is 0 Å². The summed E-state index contributed by atoms with van der Waals surface area (Å²) in [7, 11) is 1.62. The Morgan fingerprint density at radius 1 is 1.17 bits per heavy atom. The molecule has 2 aromatic rings. The molecule has 0 bridgehead atoms. The summed E-state index contributed by atoms with van der Waals surface area (Å²) in [5.41, 5.74) is 2.22. The summed E-state index contributed by atoms with van der Waals surface area (Å²) in [6.07, 6.45) is 1.63. The lowest BCUT2D eigenvalue weighted by atomic mass is 10.1. The first kappa shape index (κ1) is 15.5. The number of para-hydroxylation sites is 1. The lowest BCUT2D eigenvalue weighted by Gasteiger charge is -2.29. The number of hydrogen-bond acceptors (Lipinski definition) is 4. The van der Waals surface area contributed by atoms with E-state index in [1.54, 1.807) is 31.5 Å². The van der Waals surface area contributed by atoms with Crippen LogP contribution in [0.4, 0.5) is 15.8 Å². The number of anilines is 1. The number of halogens is 1. The van der Waals surface area contributed by atoms with Crippen LogP contribution in [0.2, 0.25) is 0 Å². The second-order valence-electron chi connectivity index (χ2n) is 5.24. The fourth-order valence-electron chi connectivity index (χ4n) is 2.52. The molecular formula is C18H19FN2O2. The van der Waals surface area contributed by atoms with Crippen molar-refractivity contribution in [2.75, 3.05) is 38.3 Å². The molecule has 0 atom stereocenters. The Kier molecular flexibility index (Phi) is 4.88. The van der Waals surface area contributed by atoms with Gasteiger partial charge in [-0.25, -0.2) is 4.39 Å². The van der Waals surface area contributed by atoms with Crippen LogP contribution in [0, 0.1) is 5.82 Å². The first-order chi connectivity index (χ1) is 11.3. The molecule has 0 spiro atoms. The summed E-state index contributed by atoms with van der Waals surface area (Å²) in [6.45, 7) is 3.20. The third-order valence-corrected chi connectivity index (χ3v) is 3.79. The largest absolute Gasteiger partial charge is 0.496 e. The number of aliphatic imine (C=N–C) groups is 1. The smallest absolute Gasteiger partial charge is 0.148 e. The molecule has 0 saturated carbocycles. The Morgan fingerprint density at radius 3 is 2.70 bits per heavy atom. The molecule has 23 heavy (non-hydrogen) atoms. The van der Waals surface area contributed by atoms with Gasteiger partial charge in [-0.3, -0.25) is 4.99 Å². The zero-order chi connectivity index (χ0) is 16.1. The van der Waals surface area contributed by atoms with Crippen LogP contribution < -0.4 is 9.64 Å². The van der Waals surface area contributed by atoms with Crippen LogP contribution in [-0.4, -0.2) is 39.6 Å². The molecule has 4 nitrogen and oxygen atoms in total. The van der Waals surface area contributed by atoms with E-state index in [9.17, 15) is 4.39 Å². The van der Waals surface area contributed by atoms with Gasteiger partial charge < -0.3 is 14.4 Å². The summed E-state index contributed by atoms with van der Waals surface area (Å²) in [4.78, 5) is 6.47. The van der Waals surface area contributed by atoms with Gasteiger partial charge in [0.1, 0.15) is 11.6 Å². The van der Waals surface area contributed by atoms with E-state index in [4.69, 9.17) is 9.47 Å². The van der Waals surface area contributed by atoms with Gasteiger partial charge in [0.05, 0.1) is 26.0 Å². The van der Waals surface area contributed by atoms with E-state index in [1.807, 2.05) is 18.2 Å². The van der Waals surface area contributed by atoms with Crippen molar-refractivity contribution < 1.29 is 13.9 Å². The maximum atomic E-state index is 13.6. The molecule has 2 aromatic carbocycles. The Bertz CT molecular complexity index is 697. The normalized spacial score (nSPS) is 15.1. The minimum absolute atomic E-state index is 0.312. The molecule has 1 saturated heterocycles. The van der Waals surface area contributed by atoms with Crippen LogP contribution in [0.1, 0.15) is 5.56 Å². The van der Waals surface area contributed by atoms with Crippen LogP contribution in [0.25, 0.3) is 0 Å². The Balaban J connectivity index is 1.83. The minimum atomic E-state index is -0.340. The fourth-order valence-corrected chi connectivity index (χ4v) is 2.52. The van der Waals surface area contributed by atoms with Gasteiger partial charge in [0.2, 0.25) is 0 Å². The van der Waals surface area contributed by atoms with E-state index in [-0.39, 0.29) is 5.82 Å². The first-order valence-corrected chi connectivity index (χ1v) is 7.57. The maximum Gasteiger partial charge on any atom is 0.148 e. The minimum Gasteiger partial charge on any atom is -0.496 e. The van der Waals surface area contributed by atoms with E-state index in [2.05, 4.69) is 9.89 Å². The van der Waals surface area contributed by atoms with Crippen LogP contribution >= 0.6 is 0 Å². The van der Waals surface area contributed by atoms with E-state index in [0.29, 0.717) is 11.4 Å². The molecule has 1 aliphatic heterocycles. The summed E-state index contributed by atoms with van der Waals surface area (Å²) < 4.78 is 24.4. The number of benzene rings is 2. The molecule has 120 valence electrons. The van der Waals surface area contributed by atoms with Crippen LogP contribution in [0.5, 0.6) is 5.75 Å². The number of hydrogen-bond donors (Lipinski definition) is 0. The zero-order valence-electron chi connectivity index (χ0n) is 13.0. The Morgan fingerprint density at radius 2 is 1.96 bits per heavy atom. The molecular weight excluding hydrogens is 295 g/mol. The third kappa shape index (κ3) is 3.68. The quantitative estimate of drug-likeness (QED) is 0.811. The van der Waals surface area contributed by atoms with Gasteiger partial charge in [0, 0.05) is 36.6 Å². The number of morpholine rings is 1. The van der Waals surface area contributed by atoms with Gasteiger partial charge in [-0.1, -0.05) is 12.1 Å². The highest BCUT2D eigenvalue weighted by Gasteiger charge is 2.13. The highest BCUT2D eigenvalue weighted by molar-refractivity contribution is 5.86. The van der Waals surface area contributed by atoms with Crippen molar-refractivity contribution in [2.24, 2.45) is 4.99 Å². The monoisotopic (exact) mass is 314 g/mol. The van der Waals surface area contributed by atoms with Gasteiger partial charge in [0.15, 0.2) is 0 Å². The lowest BCUT2D eigenvalue weighted by molar-refractivity contribution is 0.122. The molecule has 0 N–H and O–H groups in total. The Hall–Kier alpha value is -2.40. The zero-order valence-corrected chi connectivity index (χ0v) is 13.0. The van der Waals surface area contributed by atoms with E-state index >= 15 is 0 Å². The van der Waals surface area contributed by atoms with Gasteiger partial charge in [-0.05, 0) is 24.3 Å². The topological polar surface area (TPSA) is 34.1 Å². The lowest BCUT2D eigenvalue weighted by Crippen LogP contribution is -2.36. The van der Waals surface area contributed by atoms with Crippen molar-refractivity contribution >= 4 is 17.6 Å². The van der Waals surface area contributed by atoms with Crippen LogP contribution in [-0.2, 0) is 4.74 Å². The van der Waals surface area contributed by atoms with E-state index in [1.165, 1.54) is 6.07 Å². The SMILES string of the molecule is COc1cc(N2CCOCC2)ccc1C=Nc1ccccc1F. The molecule has 3 rings (SSSR count). The maximum absolute atomic E-state index is 13.6. The Labute approximate surface area is 135 Å². The second-order valence-corrected chi connectivity index (χ2v) is 5.24. The highest BCUT2D eigenvalue weighted by atomic mass is 19.1. The molecule has 5 heteroatoms. The van der Waals surface area contributed by atoms with E-state index in [0.717, 1.165) is 37.6 Å². The summed E-state index contributed by atoms with van der Waals surface area (Å²) >= 11 is 0. The van der Waals surface area contributed by atoms with E-state index < -0.39 is 0 Å². The number of rotatable bonds is 4. The molecule has 0 unspecified atom stereocenters. The van der Waals surface area contributed by atoms with Crippen molar-refractivity contribution in [3.8, 4) is 5.75 Å². The van der Waals surface area contributed by atoms with Crippen LogP contribution in [0.15, 0.2) is 47.5 Å². The van der Waals surface area contributed by atoms with Crippen molar-refractivity contribution in [1.82, 2.24) is 0 Å². The van der Waals surface area contributed by atoms with Gasteiger partial charge in [0.25, 0.3) is 0 Å². The first-order valence-electron chi connectivity index (χ1n) is 7.57. The standard InChI is InChI=1S/C18H19FN2O2/c1-22-18-12-15(21-8-10-23-11-9-21)7-6-14(18)13-20-17-5-3-2-4-16(17)19/h2-7,12-13H,8-11H2,1H3. The van der Waals surface area contributed by atoms with Crippen molar-refractivity contribution in [3.63, 3.8) is 0 Å². The molecule has 1 aliphatic rings. The molecule has 0 radical (unpaired) electrons. The number of ether oxygens (including phenoxy) is 2. The molecule has 0 aliphatic carbocycles. The van der Waals surface area contributed by atoms with Gasteiger partial charge in [-0.15, -0.1) is 0 Å². The average molecular weight is 314 g/mol. The predicted octanol–water partition coefficient (Wildman–Crippen LogP) is 3.42. The molecule has 0 amide bonds.